The second-order valence-electron chi connectivity index (χ2n) is 6.13. The summed E-state index contributed by atoms with van der Waals surface area (Å²) < 4.78 is 0. The molecule has 0 aliphatic carbocycles. The number of nitrogens with zero attached hydrogens (tertiary/aromatic N) is 3. The van der Waals surface area contributed by atoms with Crippen molar-refractivity contribution in [3.63, 3.8) is 0 Å². The van der Waals surface area contributed by atoms with Crippen LogP contribution in [0.3, 0.4) is 0 Å². The van der Waals surface area contributed by atoms with E-state index in [4.69, 9.17) is 0 Å². The Hall–Kier alpha value is -2.93. The average Bonchev–Trinajstić information content (AvgIpc) is 3.29. The van der Waals surface area contributed by atoms with Gasteiger partial charge in [0.1, 0.15) is 0 Å². The first-order chi connectivity index (χ1) is 12.6. The van der Waals surface area contributed by atoms with Crippen LogP contribution in [0, 0.1) is 0 Å². The van der Waals surface area contributed by atoms with E-state index in [2.05, 4.69) is 10.3 Å². The maximum atomic E-state index is 12.7. The summed E-state index contributed by atoms with van der Waals surface area (Å²) in [5, 5.41) is 7.37. The molecule has 0 atom stereocenters. The number of aromatic nitrogens is 1. The van der Waals surface area contributed by atoms with Gasteiger partial charge in [-0.05, 0) is 11.5 Å². The minimum absolute atomic E-state index is 0.0379. The molecule has 6 nitrogen and oxygen atoms in total. The zero-order valence-corrected chi connectivity index (χ0v) is 15.1. The van der Waals surface area contributed by atoms with Gasteiger partial charge in [0.2, 0.25) is 5.91 Å². The number of amides is 3. The molecule has 2 heterocycles. The molecule has 2 aromatic carbocycles. The van der Waals surface area contributed by atoms with Gasteiger partial charge < -0.3 is 10.2 Å². The van der Waals surface area contributed by atoms with E-state index in [1.807, 2.05) is 47.8 Å². The van der Waals surface area contributed by atoms with Crippen LogP contribution in [0.2, 0.25) is 0 Å². The summed E-state index contributed by atoms with van der Waals surface area (Å²) in [6.45, 7) is 1.23. The van der Waals surface area contributed by atoms with E-state index in [0.717, 1.165) is 16.5 Å². The van der Waals surface area contributed by atoms with E-state index in [0.29, 0.717) is 23.9 Å². The zero-order valence-electron chi connectivity index (χ0n) is 14.3. The number of fused-ring (bicyclic) bond motifs is 1. The maximum Gasteiger partial charge on any atom is 0.323 e. The third-order valence-electron chi connectivity index (χ3n) is 4.46. The van der Waals surface area contributed by atoms with Gasteiger partial charge >= 0.3 is 6.03 Å². The highest BCUT2D eigenvalue weighted by molar-refractivity contribution is 7.14. The summed E-state index contributed by atoms with van der Waals surface area (Å²) in [4.78, 5) is 32.2. The Balaban J connectivity index is 1.53. The molecule has 0 spiro atoms. The van der Waals surface area contributed by atoms with E-state index in [1.54, 1.807) is 16.8 Å². The Labute approximate surface area is 155 Å². The van der Waals surface area contributed by atoms with Crippen molar-refractivity contribution in [2.24, 2.45) is 0 Å². The monoisotopic (exact) mass is 366 g/mol. The van der Waals surface area contributed by atoms with Crippen molar-refractivity contribution >= 4 is 44.9 Å². The molecule has 1 aliphatic rings. The number of carbonyl (C=O) groups is 2. The molecule has 4 rings (SSSR count). The van der Waals surface area contributed by atoms with Crippen LogP contribution >= 0.6 is 11.3 Å². The van der Waals surface area contributed by atoms with E-state index >= 15 is 0 Å². The molecule has 1 aromatic heterocycles. The fourth-order valence-electron chi connectivity index (χ4n) is 3.06. The van der Waals surface area contributed by atoms with Gasteiger partial charge in [-0.1, -0.05) is 36.4 Å². The number of hydrogen-bond donors (Lipinski definition) is 1. The van der Waals surface area contributed by atoms with Crippen LogP contribution in [-0.4, -0.2) is 37.1 Å². The van der Waals surface area contributed by atoms with Gasteiger partial charge in [-0.15, -0.1) is 11.3 Å². The summed E-state index contributed by atoms with van der Waals surface area (Å²) in [6.07, 6.45) is 0.200. The van der Waals surface area contributed by atoms with E-state index < -0.39 is 0 Å². The van der Waals surface area contributed by atoms with Gasteiger partial charge in [-0.3, -0.25) is 9.69 Å². The Morgan fingerprint density at radius 2 is 2.08 bits per heavy atom. The van der Waals surface area contributed by atoms with Gasteiger partial charge in [0.05, 0.1) is 17.8 Å². The predicted molar refractivity (Wildman–Crippen MR) is 104 cm³/mol. The number of benzene rings is 2. The summed E-state index contributed by atoms with van der Waals surface area (Å²) >= 11 is 1.39. The third kappa shape index (κ3) is 3.01. The lowest BCUT2D eigenvalue weighted by molar-refractivity contribution is -0.117. The highest BCUT2D eigenvalue weighted by Crippen LogP contribution is 2.27. The predicted octanol–water partition coefficient (Wildman–Crippen LogP) is 3.03. The lowest BCUT2D eigenvalue weighted by atomic mass is 10.1. The Morgan fingerprint density at radius 1 is 1.27 bits per heavy atom. The standard InChI is InChI=1S/C19H18N4O2S/c1-22(16-8-4-6-13-5-2-3-7-15(13)16)17(24)11-14-12-26-19(21-14)23-10-9-20-18(23)25/h2-8,12H,9-11H2,1H3,(H,20,25). The molecule has 3 amide bonds. The first-order valence-corrected chi connectivity index (χ1v) is 9.25. The highest BCUT2D eigenvalue weighted by Gasteiger charge is 2.24. The van der Waals surface area contributed by atoms with Crippen LogP contribution in [-0.2, 0) is 11.2 Å². The molecule has 132 valence electrons. The van der Waals surface area contributed by atoms with Gasteiger partial charge in [0, 0.05) is 30.9 Å². The summed E-state index contributed by atoms with van der Waals surface area (Å²) in [5.41, 5.74) is 1.56. The Morgan fingerprint density at radius 3 is 2.88 bits per heavy atom. The quantitative estimate of drug-likeness (QED) is 0.772. The SMILES string of the molecule is CN(C(=O)Cc1csc(N2CCNC2=O)n1)c1cccc2ccccc12. The number of urea groups is 1. The molecule has 26 heavy (non-hydrogen) atoms. The number of carbonyl (C=O) groups excluding carboxylic acids is 2. The summed E-state index contributed by atoms with van der Waals surface area (Å²) in [7, 11) is 1.78. The molecule has 0 radical (unpaired) electrons. The molecule has 0 saturated carbocycles. The molecule has 1 fully saturated rings. The van der Waals surface area contributed by atoms with Crippen molar-refractivity contribution in [3.05, 3.63) is 53.5 Å². The van der Waals surface area contributed by atoms with Crippen molar-refractivity contribution in [3.8, 4) is 0 Å². The van der Waals surface area contributed by atoms with Crippen molar-refractivity contribution in [1.29, 1.82) is 0 Å². The normalized spacial score (nSPS) is 13.9. The Bertz CT molecular complexity index is 979. The Kier molecular flexibility index (Phi) is 4.30. The van der Waals surface area contributed by atoms with Crippen LogP contribution in [0.1, 0.15) is 5.69 Å². The lowest BCUT2D eigenvalue weighted by Crippen LogP contribution is -2.29. The van der Waals surface area contributed by atoms with Crippen LogP contribution < -0.4 is 15.1 Å². The maximum absolute atomic E-state index is 12.7. The smallest absolute Gasteiger partial charge is 0.323 e. The van der Waals surface area contributed by atoms with E-state index in [-0.39, 0.29) is 18.4 Å². The minimum Gasteiger partial charge on any atom is -0.336 e. The van der Waals surface area contributed by atoms with Crippen LogP contribution in [0.4, 0.5) is 15.6 Å². The summed E-state index contributed by atoms with van der Waals surface area (Å²) in [6, 6.07) is 13.8. The molecule has 7 heteroatoms. The molecule has 1 aliphatic heterocycles. The summed E-state index contributed by atoms with van der Waals surface area (Å²) in [5.74, 6) is -0.0379. The number of likely N-dealkylation sites (N-methyl/N-ethyl adjacent to an activating group) is 1. The van der Waals surface area contributed by atoms with Crippen molar-refractivity contribution in [2.75, 3.05) is 29.9 Å². The molecular weight excluding hydrogens is 348 g/mol. The molecule has 0 unspecified atom stereocenters. The number of thiazole rings is 1. The van der Waals surface area contributed by atoms with Crippen molar-refractivity contribution in [1.82, 2.24) is 10.3 Å². The topological polar surface area (TPSA) is 65.5 Å². The largest absolute Gasteiger partial charge is 0.336 e. The molecule has 3 aromatic rings. The van der Waals surface area contributed by atoms with Gasteiger partial charge in [-0.2, -0.15) is 0 Å². The van der Waals surface area contributed by atoms with Crippen LogP contribution in [0.5, 0.6) is 0 Å². The fraction of sp³-hybridized carbons (Fsp3) is 0.211. The molecular formula is C19H18N4O2S. The third-order valence-corrected chi connectivity index (χ3v) is 5.37. The second-order valence-corrected chi connectivity index (χ2v) is 6.97. The second kappa shape index (κ2) is 6.76. The highest BCUT2D eigenvalue weighted by atomic mass is 32.1. The number of rotatable bonds is 4. The number of anilines is 2. The first kappa shape index (κ1) is 16.5. The van der Waals surface area contributed by atoms with Crippen LogP contribution in [0.15, 0.2) is 47.8 Å². The molecule has 0 bridgehead atoms. The molecule has 1 saturated heterocycles. The van der Waals surface area contributed by atoms with Crippen molar-refractivity contribution in [2.45, 2.75) is 6.42 Å². The number of hydrogen-bond acceptors (Lipinski definition) is 4. The van der Waals surface area contributed by atoms with Crippen molar-refractivity contribution < 1.29 is 9.59 Å². The van der Waals surface area contributed by atoms with Gasteiger partial charge in [0.25, 0.3) is 0 Å². The van der Waals surface area contributed by atoms with E-state index in [1.165, 1.54) is 11.3 Å². The zero-order chi connectivity index (χ0) is 18.1. The number of nitrogens with one attached hydrogen (secondary N) is 1. The fourth-order valence-corrected chi connectivity index (χ4v) is 3.91. The van der Waals surface area contributed by atoms with Gasteiger partial charge in [-0.25, -0.2) is 9.78 Å². The van der Waals surface area contributed by atoms with Crippen LogP contribution in [0.25, 0.3) is 10.8 Å². The lowest BCUT2D eigenvalue weighted by Gasteiger charge is -2.19. The molecule has 1 N–H and O–H groups in total. The average molecular weight is 366 g/mol. The first-order valence-electron chi connectivity index (χ1n) is 8.37. The minimum atomic E-state index is -0.134. The van der Waals surface area contributed by atoms with Gasteiger partial charge in [0.15, 0.2) is 5.13 Å². The van der Waals surface area contributed by atoms with E-state index in [9.17, 15) is 9.59 Å².